The third kappa shape index (κ3) is 3.05. The van der Waals surface area contributed by atoms with Crippen LogP contribution >= 0.6 is 0 Å². The lowest BCUT2D eigenvalue weighted by atomic mass is 9.59. The van der Waals surface area contributed by atoms with E-state index in [1.807, 2.05) is 0 Å². The van der Waals surface area contributed by atoms with Crippen LogP contribution in [0, 0.1) is 23.7 Å². The molecule has 3 aliphatic rings. The SMILES string of the molecule is O=C(OCC1C2CCC(CC2)C1CO)C(O)(F)S(=O)(=O)O. The minimum Gasteiger partial charge on any atom is -0.460 e. The van der Waals surface area contributed by atoms with E-state index in [4.69, 9.17) is 9.66 Å². The van der Waals surface area contributed by atoms with Crippen molar-refractivity contribution in [3.63, 3.8) is 0 Å². The zero-order valence-corrected chi connectivity index (χ0v) is 12.1. The van der Waals surface area contributed by atoms with Gasteiger partial charge in [-0.05, 0) is 43.4 Å². The first kappa shape index (κ1) is 16.6. The van der Waals surface area contributed by atoms with Crippen molar-refractivity contribution >= 4 is 16.1 Å². The molecule has 21 heavy (non-hydrogen) atoms. The van der Waals surface area contributed by atoms with Crippen LogP contribution in [0.1, 0.15) is 25.7 Å². The van der Waals surface area contributed by atoms with Gasteiger partial charge in [0.25, 0.3) is 0 Å². The summed E-state index contributed by atoms with van der Waals surface area (Å²) < 4.78 is 47.5. The van der Waals surface area contributed by atoms with Gasteiger partial charge in [-0.1, -0.05) is 0 Å². The fourth-order valence-corrected chi connectivity index (χ4v) is 3.88. The molecule has 0 aromatic rings. The van der Waals surface area contributed by atoms with Crippen LogP contribution in [0.25, 0.3) is 0 Å². The van der Waals surface area contributed by atoms with E-state index in [1.165, 1.54) is 0 Å². The van der Waals surface area contributed by atoms with Crippen molar-refractivity contribution in [1.29, 1.82) is 0 Å². The number of fused-ring (bicyclic) bond motifs is 3. The topological polar surface area (TPSA) is 121 Å². The Hall–Kier alpha value is -0.770. The van der Waals surface area contributed by atoms with Gasteiger partial charge in [-0.15, -0.1) is 0 Å². The largest absolute Gasteiger partial charge is 0.460 e. The summed E-state index contributed by atoms with van der Waals surface area (Å²) in [4.78, 5) is 11.3. The maximum atomic E-state index is 13.3. The molecular weight excluding hydrogens is 307 g/mol. The van der Waals surface area contributed by atoms with Crippen LogP contribution in [0.4, 0.5) is 4.39 Å². The molecule has 0 radical (unpaired) electrons. The van der Waals surface area contributed by atoms with Crippen LogP contribution in [-0.4, -0.2) is 47.6 Å². The second-order valence-corrected chi connectivity index (χ2v) is 7.31. The molecule has 3 unspecified atom stereocenters. The second-order valence-electron chi connectivity index (χ2n) is 5.82. The van der Waals surface area contributed by atoms with Crippen molar-refractivity contribution in [2.24, 2.45) is 23.7 Å². The first-order valence-corrected chi connectivity index (χ1v) is 8.29. The lowest BCUT2D eigenvalue weighted by molar-refractivity contribution is -0.175. The Kier molecular flexibility index (Phi) is 4.57. The highest BCUT2D eigenvalue weighted by Gasteiger charge is 2.52. The number of ether oxygens (including phenoxy) is 1. The molecule has 0 aromatic carbocycles. The molecule has 0 saturated heterocycles. The first-order chi connectivity index (χ1) is 9.68. The second kappa shape index (κ2) is 5.79. The van der Waals surface area contributed by atoms with Gasteiger partial charge >= 0.3 is 21.3 Å². The third-order valence-corrected chi connectivity index (χ3v) is 5.64. The summed E-state index contributed by atoms with van der Waals surface area (Å²) >= 11 is 0. The van der Waals surface area contributed by atoms with E-state index in [0.29, 0.717) is 5.92 Å². The number of halogens is 1. The van der Waals surface area contributed by atoms with Gasteiger partial charge in [-0.3, -0.25) is 4.55 Å². The molecule has 3 fully saturated rings. The normalized spacial score (nSPS) is 35.2. The number of aliphatic hydroxyl groups is 2. The van der Waals surface area contributed by atoms with Gasteiger partial charge in [-0.25, -0.2) is 4.79 Å². The monoisotopic (exact) mass is 326 g/mol. The van der Waals surface area contributed by atoms with E-state index in [-0.39, 0.29) is 31.0 Å². The molecule has 0 aliphatic heterocycles. The molecule has 0 spiro atoms. The molecule has 3 atom stereocenters. The van der Waals surface area contributed by atoms with E-state index in [0.717, 1.165) is 25.7 Å². The molecule has 0 aromatic heterocycles. The van der Waals surface area contributed by atoms with Crippen LogP contribution in [0.5, 0.6) is 0 Å². The molecule has 9 heteroatoms. The minimum absolute atomic E-state index is 0.0799. The summed E-state index contributed by atoms with van der Waals surface area (Å²) in [6.45, 7) is -0.367. The van der Waals surface area contributed by atoms with E-state index in [2.05, 4.69) is 4.74 Å². The van der Waals surface area contributed by atoms with Gasteiger partial charge < -0.3 is 14.9 Å². The Morgan fingerprint density at radius 3 is 2.10 bits per heavy atom. The van der Waals surface area contributed by atoms with Crippen LogP contribution in [-0.2, 0) is 19.6 Å². The summed E-state index contributed by atoms with van der Waals surface area (Å²) in [5, 5.41) is 13.9. The minimum atomic E-state index is -5.62. The van der Waals surface area contributed by atoms with E-state index >= 15 is 0 Å². The Labute approximate surface area is 121 Å². The van der Waals surface area contributed by atoms with Crippen LogP contribution in [0.15, 0.2) is 0 Å². The van der Waals surface area contributed by atoms with Crippen LogP contribution < -0.4 is 0 Å². The number of carbonyl (C=O) groups is 1. The number of hydrogen-bond acceptors (Lipinski definition) is 6. The van der Waals surface area contributed by atoms with Crippen LogP contribution in [0.3, 0.4) is 0 Å². The van der Waals surface area contributed by atoms with Crippen LogP contribution in [0.2, 0.25) is 0 Å². The molecule has 7 nitrogen and oxygen atoms in total. The lowest BCUT2D eigenvalue weighted by Gasteiger charge is -2.47. The van der Waals surface area contributed by atoms with Crippen molar-refractivity contribution in [2.75, 3.05) is 13.2 Å². The zero-order valence-electron chi connectivity index (χ0n) is 11.3. The maximum absolute atomic E-state index is 13.3. The van der Waals surface area contributed by atoms with Gasteiger partial charge in [0.1, 0.15) is 0 Å². The number of aliphatic hydroxyl groups excluding tert-OH is 1. The predicted octanol–water partition coefficient (Wildman–Crippen LogP) is 0.0777. The van der Waals surface area contributed by atoms with Crippen molar-refractivity contribution in [2.45, 2.75) is 30.9 Å². The number of esters is 1. The predicted molar refractivity (Wildman–Crippen MR) is 68.1 cm³/mol. The van der Waals surface area contributed by atoms with Gasteiger partial charge in [0.2, 0.25) is 0 Å². The van der Waals surface area contributed by atoms with Gasteiger partial charge in [0, 0.05) is 12.5 Å². The smallest absolute Gasteiger partial charge is 0.431 e. The molecule has 0 amide bonds. The molecule has 0 heterocycles. The fourth-order valence-electron chi connectivity index (χ4n) is 3.61. The van der Waals surface area contributed by atoms with Gasteiger partial charge in [0.15, 0.2) is 0 Å². The zero-order chi connectivity index (χ0) is 15.8. The van der Waals surface area contributed by atoms with E-state index < -0.39 is 21.3 Å². The molecular formula is C12H19FO7S. The van der Waals surface area contributed by atoms with Crippen molar-refractivity contribution < 1.29 is 37.1 Å². The highest BCUT2D eigenvalue weighted by Crippen LogP contribution is 2.48. The Balaban J connectivity index is 2.01. The number of carbonyl (C=O) groups excluding carboxylic acids is 1. The summed E-state index contributed by atoms with van der Waals surface area (Å²) in [5.41, 5.74) is 0. The van der Waals surface area contributed by atoms with Crippen molar-refractivity contribution in [3.05, 3.63) is 0 Å². The molecule has 2 bridgehead atoms. The van der Waals surface area contributed by atoms with E-state index in [1.54, 1.807) is 0 Å². The summed E-state index contributed by atoms with van der Waals surface area (Å²) in [6, 6.07) is 0. The highest BCUT2D eigenvalue weighted by atomic mass is 32.2. The molecule has 3 N–H and O–H groups in total. The quantitative estimate of drug-likeness (QED) is 0.483. The maximum Gasteiger partial charge on any atom is 0.431 e. The Morgan fingerprint density at radius 2 is 1.67 bits per heavy atom. The number of alkyl halides is 1. The average molecular weight is 326 g/mol. The Bertz CT molecular complexity index is 496. The van der Waals surface area contributed by atoms with E-state index in [9.17, 15) is 22.7 Å². The summed E-state index contributed by atoms with van der Waals surface area (Å²) in [5.74, 6) is -1.79. The number of rotatable bonds is 5. The molecule has 3 saturated carbocycles. The average Bonchev–Trinajstić information content (AvgIpc) is 2.44. The lowest BCUT2D eigenvalue weighted by Crippen LogP contribution is -2.47. The van der Waals surface area contributed by atoms with Crippen molar-refractivity contribution in [3.8, 4) is 0 Å². The fraction of sp³-hybridized carbons (Fsp3) is 0.917. The molecule has 122 valence electrons. The highest BCUT2D eigenvalue weighted by molar-refractivity contribution is 7.87. The molecule has 3 rings (SSSR count). The first-order valence-electron chi connectivity index (χ1n) is 6.85. The summed E-state index contributed by atoms with van der Waals surface area (Å²) in [7, 11) is -5.62. The molecule has 3 aliphatic carbocycles. The standard InChI is InChI=1S/C12H19FO7S/c13-12(16,21(17,18)19)11(15)20-6-10-8-3-1-7(2-4-8)9(10)5-14/h7-10,14,16H,1-6H2,(H,17,18,19). The Morgan fingerprint density at radius 1 is 1.19 bits per heavy atom. The summed E-state index contributed by atoms with van der Waals surface area (Å²) in [6.07, 6.45) is 3.81. The van der Waals surface area contributed by atoms with Gasteiger partial charge in [0.05, 0.1) is 6.61 Å². The van der Waals surface area contributed by atoms with Crippen molar-refractivity contribution in [1.82, 2.24) is 0 Å². The number of hydrogen-bond donors (Lipinski definition) is 3. The third-order valence-electron chi connectivity index (χ3n) is 4.79. The van der Waals surface area contributed by atoms with Gasteiger partial charge in [-0.2, -0.15) is 12.8 Å².